The highest BCUT2D eigenvalue weighted by Crippen LogP contribution is 2.55. The monoisotopic (exact) mass is 798 g/mol. The van der Waals surface area contributed by atoms with Crippen LogP contribution in [0.2, 0.25) is 0 Å². The summed E-state index contributed by atoms with van der Waals surface area (Å²) in [5.74, 6) is 0.182. The van der Waals surface area contributed by atoms with Gasteiger partial charge in [-0.3, -0.25) is 4.68 Å². The van der Waals surface area contributed by atoms with Gasteiger partial charge in [0.25, 0.3) is 20.0 Å². The molecule has 0 bridgehead atoms. The van der Waals surface area contributed by atoms with E-state index < -0.39 is 32.1 Å². The minimum atomic E-state index is -4.18. The fourth-order valence-electron chi connectivity index (χ4n) is 10.7. The van der Waals surface area contributed by atoms with Crippen molar-refractivity contribution in [1.29, 1.82) is 0 Å². The van der Waals surface area contributed by atoms with Crippen LogP contribution in [-0.2, 0) is 84.6 Å². The number of sulfonamides is 2. The van der Waals surface area contributed by atoms with Crippen LogP contribution >= 0.6 is 0 Å². The van der Waals surface area contributed by atoms with E-state index in [-0.39, 0.29) is 21.6 Å². The Hall–Kier alpha value is -4.67. The quantitative estimate of drug-likeness (QED) is 0.175. The van der Waals surface area contributed by atoms with Gasteiger partial charge in [-0.1, -0.05) is 12.1 Å². The van der Waals surface area contributed by atoms with Crippen molar-refractivity contribution in [3.05, 3.63) is 86.5 Å². The average molecular weight is 799 g/mol. The third kappa shape index (κ3) is 5.94. The Kier molecular flexibility index (Phi) is 8.60. The number of anilines is 2. The van der Waals surface area contributed by atoms with Crippen LogP contribution in [0.1, 0.15) is 106 Å². The number of fused-ring (bicyclic) bond motifs is 6. The molecule has 6 aliphatic rings. The predicted molar refractivity (Wildman–Crippen MR) is 209 cm³/mol. The molecule has 0 spiro atoms. The number of hydrogen-bond acceptors (Lipinski definition) is 8. The number of nitrogens with one attached hydrogen (secondary N) is 5. The van der Waals surface area contributed by atoms with Crippen molar-refractivity contribution >= 4 is 43.5 Å². The molecule has 0 saturated heterocycles. The molecular formula is C40H46N8O6S2. The van der Waals surface area contributed by atoms with Crippen molar-refractivity contribution in [3.8, 4) is 0 Å². The average Bonchev–Trinajstić information content (AvgIpc) is 4.01. The van der Waals surface area contributed by atoms with Crippen LogP contribution in [0, 0.1) is 0 Å². The molecule has 4 amide bonds. The van der Waals surface area contributed by atoms with Gasteiger partial charge in [0, 0.05) is 42.9 Å². The Morgan fingerprint density at radius 2 is 1.41 bits per heavy atom. The highest BCUT2D eigenvalue weighted by molar-refractivity contribution is 7.90. The third-order valence-electron chi connectivity index (χ3n) is 13.1. The van der Waals surface area contributed by atoms with Crippen molar-refractivity contribution in [2.75, 3.05) is 17.2 Å². The molecule has 2 aliphatic heterocycles. The zero-order valence-corrected chi connectivity index (χ0v) is 32.8. The fourth-order valence-corrected chi connectivity index (χ4v) is 12.9. The lowest BCUT2D eigenvalue weighted by Gasteiger charge is -2.26. The molecule has 2 atom stereocenters. The first-order valence-corrected chi connectivity index (χ1v) is 23.0. The van der Waals surface area contributed by atoms with Gasteiger partial charge >= 0.3 is 12.1 Å². The first-order chi connectivity index (χ1) is 27.1. The Balaban J connectivity index is 0.943. The minimum absolute atomic E-state index is 0.00519. The van der Waals surface area contributed by atoms with Gasteiger partial charge in [0.05, 0.1) is 18.4 Å². The van der Waals surface area contributed by atoms with Gasteiger partial charge < -0.3 is 20.5 Å². The van der Waals surface area contributed by atoms with Crippen LogP contribution in [0.3, 0.4) is 0 Å². The molecule has 2 aromatic heterocycles. The van der Waals surface area contributed by atoms with Crippen molar-refractivity contribution in [2.45, 2.75) is 125 Å². The SMILES string of the molecule is O=C(Nc1c2c(cc3c1C(C1CCc4c1cc1c(c4NC(=O)NS(=O)(=O)c4cnn5c4CNCC5)CCC1)CC3)CCC2)NS(=O)(=O)c1ccn2c1CCCC2. The summed E-state index contributed by atoms with van der Waals surface area (Å²) in [6, 6.07) is 4.65. The lowest BCUT2D eigenvalue weighted by Crippen LogP contribution is -2.36. The highest BCUT2D eigenvalue weighted by Gasteiger charge is 2.41. The summed E-state index contributed by atoms with van der Waals surface area (Å²) in [4.78, 5) is 27.5. The molecule has 4 aromatic rings. The van der Waals surface area contributed by atoms with Crippen molar-refractivity contribution in [3.63, 3.8) is 0 Å². The summed E-state index contributed by atoms with van der Waals surface area (Å²) in [7, 11) is -8.27. The normalized spacial score (nSPS) is 20.7. The lowest BCUT2D eigenvalue weighted by molar-refractivity contribution is 0.255. The van der Waals surface area contributed by atoms with E-state index in [1.165, 1.54) is 22.9 Å². The number of hydrogen-bond donors (Lipinski definition) is 5. The fraction of sp³-hybridized carbons (Fsp3) is 0.475. The van der Waals surface area contributed by atoms with Gasteiger partial charge in [-0.15, -0.1) is 0 Å². The molecule has 4 heterocycles. The largest absolute Gasteiger partial charge is 0.350 e. The van der Waals surface area contributed by atoms with Crippen LogP contribution in [0.25, 0.3) is 0 Å². The Morgan fingerprint density at radius 3 is 2.21 bits per heavy atom. The first-order valence-electron chi connectivity index (χ1n) is 20.0. The molecule has 0 radical (unpaired) electrons. The third-order valence-corrected chi connectivity index (χ3v) is 15.8. The van der Waals surface area contributed by atoms with E-state index in [1.54, 1.807) is 16.9 Å². The number of benzene rings is 2. The van der Waals surface area contributed by atoms with Gasteiger partial charge in [-0.25, -0.2) is 35.9 Å². The van der Waals surface area contributed by atoms with Crippen molar-refractivity contribution in [1.82, 2.24) is 29.1 Å². The Labute approximate surface area is 326 Å². The number of rotatable bonds is 7. The molecule has 56 heavy (non-hydrogen) atoms. The number of carbonyl (C=O) groups is 2. The molecule has 4 aliphatic carbocycles. The summed E-state index contributed by atoms with van der Waals surface area (Å²) < 4.78 is 62.3. The second kappa shape index (κ2) is 13.5. The minimum Gasteiger partial charge on any atom is -0.350 e. The van der Waals surface area contributed by atoms with Gasteiger partial charge in [0.1, 0.15) is 9.79 Å². The molecule has 14 nitrogen and oxygen atoms in total. The van der Waals surface area contributed by atoms with Crippen molar-refractivity contribution in [2.24, 2.45) is 0 Å². The molecule has 2 unspecified atom stereocenters. The lowest BCUT2D eigenvalue weighted by atomic mass is 9.81. The van der Waals surface area contributed by atoms with E-state index in [1.807, 2.05) is 4.57 Å². The van der Waals surface area contributed by atoms with E-state index in [2.05, 4.69) is 42.6 Å². The van der Waals surface area contributed by atoms with E-state index in [0.717, 1.165) is 123 Å². The summed E-state index contributed by atoms with van der Waals surface area (Å²) in [6.07, 6.45) is 14.3. The van der Waals surface area contributed by atoms with Crippen LogP contribution in [0.4, 0.5) is 21.0 Å². The summed E-state index contributed by atoms with van der Waals surface area (Å²) in [6.45, 7) is 2.36. The van der Waals surface area contributed by atoms with Gasteiger partial charge in [-0.05, 0) is 146 Å². The number of aromatic nitrogens is 3. The number of amides is 4. The number of carbonyl (C=O) groups excluding carboxylic acids is 2. The van der Waals surface area contributed by atoms with E-state index >= 15 is 0 Å². The van der Waals surface area contributed by atoms with Crippen LogP contribution in [0.15, 0.2) is 40.4 Å². The van der Waals surface area contributed by atoms with Crippen LogP contribution < -0.4 is 25.4 Å². The van der Waals surface area contributed by atoms with Gasteiger partial charge in [0.15, 0.2) is 0 Å². The topological polar surface area (TPSA) is 185 Å². The van der Waals surface area contributed by atoms with E-state index in [9.17, 15) is 26.4 Å². The van der Waals surface area contributed by atoms with Crippen LogP contribution in [0.5, 0.6) is 0 Å². The Morgan fingerprint density at radius 1 is 0.696 bits per heavy atom. The van der Waals surface area contributed by atoms with Crippen LogP contribution in [-0.4, -0.2) is 49.8 Å². The standard InChI is InChI=1S/C40H46N8O6S2/c49-39(46-56(53,54)35-22-42-48-18-15-41-21-33(35)48)43-37-26-7-4-6-24(26)20-31-28(12-13-30(31)37)29-11-10-25-19-23-5-3-8-27(23)38(36(25)29)44-40(50)45-55(51,52)34-14-17-47-16-2-1-9-32(34)47/h14,17,19-20,22,28-29,41H,1-13,15-16,18,21H2,(H2,43,46,49)(H2,44,45,50). The molecule has 2 aromatic carbocycles. The first kappa shape index (κ1) is 35.7. The highest BCUT2D eigenvalue weighted by atomic mass is 32.2. The molecule has 294 valence electrons. The molecule has 10 rings (SSSR count). The van der Waals surface area contributed by atoms with Gasteiger partial charge in [-0.2, -0.15) is 5.10 Å². The van der Waals surface area contributed by atoms with E-state index in [4.69, 9.17) is 0 Å². The van der Waals surface area contributed by atoms with Crippen molar-refractivity contribution < 1.29 is 26.4 Å². The predicted octanol–water partition coefficient (Wildman–Crippen LogP) is 4.88. The second-order valence-corrected chi connectivity index (χ2v) is 19.5. The molecule has 16 heteroatoms. The zero-order chi connectivity index (χ0) is 38.3. The second-order valence-electron chi connectivity index (χ2n) is 16.2. The van der Waals surface area contributed by atoms with E-state index in [0.29, 0.717) is 37.4 Å². The molecule has 0 fully saturated rings. The number of nitrogens with zero attached hydrogens (tertiary/aromatic N) is 3. The summed E-state index contributed by atoms with van der Waals surface area (Å²) in [5, 5.41) is 13.5. The molecule has 5 N–H and O–H groups in total. The maximum Gasteiger partial charge on any atom is 0.333 e. The molecule has 0 saturated carbocycles. The summed E-state index contributed by atoms with van der Waals surface area (Å²) in [5.41, 5.74) is 11.8. The zero-order valence-electron chi connectivity index (χ0n) is 31.2. The number of aryl methyl sites for hydroxylation is 4. The number of urea groups is 2. The smallest absolute Gasteiger partial charge is 0.333 e. The summed E-state index contributed by atoms with van der Waals surface area (Å²) >= 11 is 0. The maximum atomic E-state index is 13.7. The molecular weight excluding hydrogens is 753 g/mol. The van der Waals surface area contributed by atoms with Gasteiger partial charge in [0.2, 0.25) is 0 Å². The maximum absolute atomic E-state index is 13.7. The Bertz CT molecular complexity index is 2560.